The average Bonchev–Trinajstić information content (AvgIpc) is 2.94. The summed E-state index contributed by atoms with van der Waals surface area (Å²) >= 11 is 0. The fraction of sp³-hybridized carbons (Fsp3) is 0.650. The molecule has 0 radical (unpaired) electrons. The van der Waals surface area contributed by atoms with Gasteiger partial charge in [-0.2, -0.15) is 0 Å². The van der Waals surface area contributed by atoms with Crippen molar-refractivity contribution in [2.45, 2.75) is 46.6 Å². The van der Waals surface area contributed by atoms with Crippen molar-refractivity contribution in [1.82, 2.24) is 9.80 Å². The first-order valence-corrected chi connectivity index (χ1v) is 9.04. The monoisotopic (exact) mass is 316 g/mol. The molecular formula is C20H32N2O. The molecule has 0 N–H and O–H groups in total. The SMILES string of the molecule is CC(C)CN(CC(C)C)C(=O)CN1CCCC1c1ccccc1. The number of carbonyl (C=O) groups excluding carboxylic acids is 1. The number of likely N-dealkylation sites (tertiary alicyclic amines) is 1. The lowest BCUT2D eigenvalue weighted by molar-refractivity contribution is -0.133. The van der Waals surface area contributed by atoms with Gasteiger partial charge < -0.3 is 4.90 Å². The van der Waals surface area contributed by atoms with Gasteiger partial charge in [-0.15, -0.1) is 0 Å². The maximum atomic E-state index is 12.8. The Morgan fingerprint density at radius 3 is 2.30 bits per heavy atom. The van der Waals surface area contributed by atoms with E-state index in [0.29, 0.717) is 24.4 Å². The minimum Gasteiger partial charge on any atom is -0.341 e. The number of carbonyl (C=O) groups is 1. The largest absolute Gasteiger partial charge is 0.341 e. The molecule has 1 aliphatic heterocycles. The highest BCUT2D eigenvalue weighted by Crippen LogP contribution is 2.31. The van der Waals surface area contributed by atoms with Crippen molar-refractivity contribution in [3.63, 3.8) is 0 Å². The Morgan fingerprint density at radius 2 is 1.74 bits per heavy atom. The van der Waals surface area contributed by atoms with Crippen molar-refractivity contribution in [3.8, 4) is 0 Å². The summed E-state index contributed by atoms with van der Waals surface area (Å²) in [7, 11) is 0. The molecule has 0 aromatic heterocycles. The van der Waals surface area contributed by atoms with Crippen LogP contribution in [0, 0.1) is 11.8 Å². The highest BCUT2D eigenvalue weighted by molar-refractivity contribution is 5.78. The second-order valence-electron chi connectivity index (χ2n) is 7.63. The Balaban J connectivity index is 2.01. The van der Waals surface area contributed by atoms with Gasteiger partial charge in [0, 0.05) is 19.1 Å². The van der Waals surface area contributed by atoms with Crippen LogP contribution in [-0.2, 0) is 4.79 Å². The first-order valence-electron chi connectivity index (χ1n) is 9.04. The second kappa shape index (κ2) is 8.49. The lowest BCUT2D eigenvalue weighted by atomic mass is 10.0. The van der Waals surface area contributed by atoms with E-state index in [9.17, 15) is 4.79 Å². The van der Waals surface area contributed by atoms with E-state index in [0.717, 1.165) is 26.1 Å². The van der Waals surface area contributed by atoms with Crippen LogP contribution in [0.25, 0.3) is 0 Å². The predicted octanol–water partition coefficient (Wildman–Crippen LogP) is 3.96. The molecule has 128 valence electrons. The zero-order valence-electron chi connectivity index (χ0n) is 15.2. The van der Waals surface area contributed by atoms with Gasteiger partial charge in [0.2, 0.25) is 5.91 Å². The summed E-state index contributed by atoms with van der Waals surface area (Å²) in [5.41, 5.74) is 1.34. The van der Waals surface area contributed by atoms with Gasteiger partial charge in [-0.3, -0.25) is 9.69 Å². The van der Waals surface area contributed by atoms with E-state index >= 15 is 0 Å². The maximum Gasteiger partial charge on any atom is 0.236 e. The van der Waals surface area contributed by atoms with Crippen molar-refractivity contribution in [2.24, 2.45) is 11.8 Å². The maximum absolute atomic E-state index is 12.8. The Hall–Kier alpha value is -1.35. The molecule has 0 bridgehead atoms. The van der Waals surface area contributed by atoms with Crippen molar-refractivity contribution >= 4 is 5.91 Å². The number of hydrogen-bond acceptors (Lipinski definition) is 2. The Morgan fingerprint density at radius 1 is 1.13 bits per heavy atom. The van der Waals surface area contributed by atoms with Gasteiger partial charge in [0.25, 0.3) is 0 Å². The topological polar surface area (TPSA) is 23.6 Å². The van der Waals surface area contributed by atoms with Gasteiger partial charge in [-0.25, -0.2) is 0 Å². The third-order valence-electron chi connectivity index (χ3n) is 4.41. The van der Waals surface area contributed by atoms with Crippen LogP contribution >= 0.6 is 0 Å². The molecule has 1 aromatic carbocycles. The van der Waals surface area contributed by atoms with Gasteiger partial charge in [0.1, 0.15) is 0 Å². The number of nitrogens with zero attached hydrogens (tertiary/aromatic N) is 2. The quantitative estimate of drug-likeness (QED) is 0.760. The van der Waals surface area contributed by atoms with Gasteiger partial charge in [0.15, 0.2) is 0 Å². The van der Waals surface area contributed by atoms with E-state index in [4.69, 9.17) is 0 Å². The van der Waals surface area contributed by atoms with Crippen LogP contribution in [0.4, 0.5) is 0 Å². The molecule has 23 heavy (non-hydrogen) atoms. The van der Waals surface area contributed by atoms with Crippen molar-refractivity contribution < 1.29 is 4.79 Å². The van der Waals surface area contributed by atoms with Crippen LogP contribution < -0.4 is 0 Å². The van der Waals surface area contributed by atoms with Crippen LogP contribution in [-0.4, -0.2) is 41.9 Å². The first-order chi connectivity index (χ1) is 11.0. The average molecular weight is 316 g/mol. The van der Waals surface area contributed by atoms with Crippen molar-refractivity contribution in [3.05, 3.63) is 35.9 Å². The van der Waals surface area contributed by atoms with E-state index in [-0.39, 0.29) is 5.91 Å². The standard InChI is InChI=1S/C20H32N2O/c1-16(2)13-22(14-17(3)4)20(23)15-21-12-8-11-19(21)18-9-6-5-7-10-18/h5-7,9-10,16-17,19H,8,11-15H2,1-4H3. The third kappa shape index (κ3) is 5.35. The fourth-order valence-electron chi connectivity index (χ4n) is 3.50. The molecule has 3 heteroatoms. The van der Waals surface area contributed by atoms with Crippen LogP contribution in [0.2, 0.25) is 0 Å². The third-order valence-corrected chi connectivity index (χ3v) is 4.41. The fourth-order valence-corrected chi connectivity index (χ4v) is 3.50. The molecule has 0 spiro atoms. The smallest absolute Gasteiger partial charge is 0.236 e. The molecule has 1 fully saturated rings. The van der Waals surface area contributed by atoms with Gasteiger partial charge in [-0.1, -0.05) is 58.0 Å². The highest BCUT2D eigenvalue weighted by Gasteiger charge is 2.29. The Kier molecular flexibility index (Phi) is 6.64. The van der Waals surface area contributed by atoms with E-state index in [2.05, 4.69) is 67.8 Å². The summed E-state index contributed by atoms with van der Waals surface area (Å²) in [6, 6.07) is 11.0. The molecule has 1 saturated heterocycles. The van der Waals surface area contributed by atoms with Gasteiger partial charge >= 0.3 is 0 Å². The Bertz CT molecular complexity index is 474. The van der Waals surface area contributed by atoms with Gasteiger partial charge in [-0.05, 0) is 36.8 Å². The van der Waals surface area contributed by atoms with E-state index < -0.39 is 0 Å². The Labute approximate surface area is 141 Å². The lowest BCUT2D eigenvalue weighted by Gasteiger charge is -2.30. The van der Waals surface area contributed by atoms with Gasteiger partial charge in [0.05, 0.1) is 6.54 Å². The predicted molar refractivity (Wildman–Crippen MR) is 96.2 cm³/mol. The van der Waals surface area contributed by atoms with Crippen LogP contribution in [0.5, 0.6) is 0 Å². The summed E-state index contributed by atoms with van der Waals surface area (Å²) in [5.74, 6) is 1.32. The van der Waals surface area contributed by atoms with Crippen LogP contribution in [0.3, 0.4) is 0 Å². The molecular weight excluding hydrogens is 284 g/mol. The number of amides is 1. The molecule has 1 aromatic rings. The van der Waals surface area contributed by atoms with E-state index in [1.165, 1.54) is 12.0 Å². The molecule has 1 amide bonds. The van der Waals surface area contributed by atoms with Crippen LogP contribution in [0.1, 0.15) is 52.1 Å². The minimum absolute atomic E-state index is 0.287. The first kappa shape index (κ1) is 18.0. The zero-order chi connectivity index (χ0) is 16.8. The van der Waals surface area contributed by atoms with E-state index in [1.54, 1.807) is 0 Å². The molecule has 2 rings (SSSR count). The molecule has 1 heterocycles. The summed E-state index contributed by atoms with van der Waals surface area (Å²) in [4.78, 5) is 17.3. The van der Waals surface area contributed by atoms with Crippen molar-refractivity contribution in [2.75, 3.05) is 26.2 Å². The van der Waals surface area contributed by atoms with E-state index in [1.807, 2.05) is 0 Å². The number of benzene rings is 1. The molecule has 0 aliphatic carbocycles. The molecule has 1 unspecified atom stereocenters. The molecule has 0 saturated carbocycles. The second-order valence-corrected chi connectivity index (χ2v) is 7.63. The molecule has 1 atom stereocenters. The summed E-state index contributed by atoms with van der Waals surface area (Å²) < 4.78 is 0. The summed E-state index contributed by atoms with van der Waals surface area (Å²) in [5, 5.41) is 0. The lowest BCUT2D eigenvalue weighted by Crippen LogP contribution is -2.43. The molecule has 1 aliphatic rings. The summed E-state index contributed by atoms with van der Waals surface area (Å²) in [6.07, 6.45) is 2.34. The molecule has 3 nitrogen and oxygen atoms in total. The highest BCUT2D eigenvalue weighted by atomic mass is 16.2. The number of rotatable bonds is 7. The number of hydrogen-bond donors (Lipinski definition) is 0. The van der Waals surface area contributed by atoms with Crippen molar-refractivity contribution in [1.29, 1.82) is 0 Å². The summed E-state index contributed by atoms with van der Waals surface area (Å²) in [6.45, 7) is 12.0. The van der Waals surface area contributed by atoms with Crippen LogP contribution in [0.15, 0.2) is 30.3 Å². The zero-order valence-corrected chi connectivity index (χ0v) is 15.2. The minimum atomic E-state index is 0.287. The normalized spacial score (nSPS) is 18.8.